The minimum Gasteiger partial charge on any atom is -0.495 e. The Labute approximate surface area is 167 Å². The summed E-state index contributed by atoms with van der Waals surface area (Å²) >= 11 is 1.62. The fourth-order valence-electron chi connectivity index (χ4n) is 2.61. The van der Waals surface area contributed by atoms with Crippen LogP contribution in [0.5, 0.6) is 5.75 Å². The van der Waals surface area contributed by atoms with Crippen LogP contribution in [-0.2, 0) is 9.59 Å². The van der Waals surface area contributed by atoms with Gasteiger partial charge in [-0.1, -0.05) is 30.3 Å². The number of amides is 2. The number of nitrogens with one attached hydrogen (secondary N) is 2. The van der Waals surface area contributed by atoms with E-state index in [2.05, 4.69) is 22.8 Å². The first-order valence-electron chi connectivity index (χ1n) is 8.65. The predicted molar refractivity (Wildman–Crippen MR) is 115 cm³/mol. The number of carbonyl (C=O) groups excluding carboxylic acids is 2. The number of ether oxygens (including phenoxy) is 1. The normalized spacial score (nSPS) is 10.6. The lowest BCUT2D eigenvalue weighted by atomic mass is 10.2. The van der Waals surface area contributed by atoms with Crippen molar-refractivity contribution < 1.29 is 14.3 Å². The summed E-state index contributed by atoms with van der Waals surface area (Å²) in [6.07, 6.45) is 3.27. The van der Waals surface area contributed by atoms with E-state index in [-0.39, 0.29) is 11.8 Å². The summed E-state index contributed by atoms with van der Waals surface area (Å²) in [4.78, 5) is 25.7. The second kappa shape index (κ2) is 9.01. The van der Waals surface area contributed by atoms with Crippen molar-refractivity contribution in [1.82, 2.24) is 0 Å². The molecule has 3 aromatic rings. The monoisotopic (exact) mass is 392 g/mol. The Morgan fingerprint density at radius 2 is 1.79 bits per heavy atom. The molecule has 2 aromatic carbocycles. The third kappa shape index (κ3) is 5.08. The zero-order valence-corrected chi connectivity index (χ0v) is 16.4. The highest BCUT2D eigenvalue weighted by atomic mass is 32.1. The standard InChI is InChI=1S/C22H20N2O3S/c1-15(25)23-19-14-17(8-11-20(19)27-2)24-22(26)13-10-18-9-12-21(28-18)16-6-4-3-5-7-16/h3-14H,1-2H3,(H,23,25)(H,24,26)/b13-10+. The lowest BCUT2D eigenvalue weighted by Crippen LogP contribution is -2.10. The van der Waals surface area contributed by atoms with Crippen molar-refractivity contribution in [3.8, 4) is 16.2 Å². The first kappa shape index (κ1) is 19.4. The number of methoxy groups -OCH3 is 1. The Balaban J connectivity index is 1.67. The average Bonchev–Trinajstić information content (AvgIpc) is 3.16. The van der Waals surface area contributed by atoms with Crippen LogP contribution in [0.3, 0.4) is 0 Å². The number of rotatable bonds is 6. The van der Waals surface area contributed by atoms with Crippen molar-refractivity contribution >= 4 is 40.6 Å². The molecule has 2 amide bonds. The highest BCUT2D eigenvalue weighted by Gasteiger charge is 2.07. The molecule has 0 saturated carbocycles. The second-order valence-corrected chi connectivity index (χ2v) is 7.10. The van der Waals surface area contributed by atoms with Crippen LogP contribution in [-0.4, -0.2) is 18.9 Å². The van der Waals surface area contributed by atoms with Crippen LogP contribution in [0.1, 0.15) is 11.8 Å². The number of carbonyl (C=O) groups is 2. The van der Waals surface area contributed by atoms with E-state index in [0.29, 0.717) is 17.1 Å². The Bertz CT molecular complexity index is 1010. The summed E-state index contributed by atoms with van der Waals surface area (Å²) in [5.74, 6) is 0.0537. The molecular weight excluding hydrogens is 372 g/mol. The maximum Gasteiger partial charge on any atom is 0.248 e. The van der Waals surface area contributed by atoms with Gasteiger partial charge in [-0.15, -0.1) is 11.3 Å². The molecule has 0 atom stereocenters. The van der Waals surface area contributed by atoms with E-state index >= 15 is 0 Å². The molecule has 0 aliphatic carbocycles. The SMILES string of the molecule is COc1ccc(NC(=O)/C=C/c2ccc(-c3ccccc3)s2)cc1NC(C)=O. The average molecular weight is 392 g/mol. The Kier molecular flexibility index (Phi) is 6.24. The third-order valence-electron chi connectivity index (χ3n) is 3.86. The van der Waals surface area contributed by atoms with E-state index in [1.807, 2.05) is 30.3 Å². The van der Waals surface area contributed by atoms with Crippen LogP contribution in [0.25, 0.3) is 16.5 Å². The smallest absolute Gasteiger partial charge is 0.248 e. The molecule has 2 N–H and O–H groups in total. The Hall–Kier alpha value is -3.38. The van der Waals surface area contributed by atoms with E-state index in [1.165, 1.54) is 20.1 Å². The molecule has 1 aromatic heterocycles. The van der Waals surface area contributed by atoms with E-state index in [0.717, 1.165) is 15.3 Å². The molecular formula is C22H20N2O3S. The minimum absolute atomic E-state index is 0.214. The molecule has 0 fully saturated rings. The fraction of sp³-hybridized carbons (Fsp3) is 0.0909. The van der Waals surface area contributed by atoms with Gasteiger partial charge in [-0.05, 0) is 42.0 Å². The lowest BCUT2D eigenvalue weighted by molar-refractivity contribution is -0.114. The topological polar surface area (TPSA) is 67.4 Å². The molecule has 0 spiro atoms. The summed E-state index contributed by atoms with van der Waals surface area (Å²) < 4.78 is 5.21. The highest BCUT2D eigenvalue weighted by molar-refractivity contribution is 7.16. The van der Waals surface area contributed by atoms with E-state index in [1.54, 1.807) is 35.6 Å². The van der Waals surface area contributed by atoms with Gasteiger partial charge in [-0.25, -0.2) is 0 Å². The van der Waals surface area contributed by atoms with Gasteiger partial charge in [0.2, 0.25) is 11.8 Å². The lowest BCUT2D eigenvalue weighted by Gasteiger charge is -2.11. The number of hydrogen-bond donors (Lipinski definition) is 2. The quantitative estimate of drug-likeness (QED) is 0.578. The minimum atomic E-state index is -0.256. The molecule has 0 aliphatic heterocycles. The van der Waals surface area contributed by atoms with E-state index in [9.17, 15) is 9.59 Å². The maximum atomic E-state index is 12.2. The molecule has 3 rings (SSSR count). The van der Waals surface area contributed by atoms with Gasteiger partial charge in [0, 0.05) is 28.4 Å². The molecule has 28 heavy (non-hydrogen) atoms. The number of hydrogen-bond acceptors (Lipinski definition) is 4. The fourth-order valence-corrected chi connectivity index (χ4v) is 3.53. The Morgan fingerprint density at radius 3 is 2.50 bits per heavy atom. The van der Waals surface area contributed by atoms with Crippen LogP contribution in [0.4, 0.5) is 11.4 Å². The van der Waals surface area contributed by atoms with Crippen molar-refractivity contribution in [2.45, 2.75) is 6.92 Å². The van der Waals surface area contributed by atoms with Crippen molar-refractivity contribution in [3.63, 3.8) is 0 Å². The second-order valence-electron chi connectivity index (χ2n) is 5.99. The van der Waals surface area contributed by atoms with Crippen LogP contribution in [0.15, 0.2) is 66.7 Å². The molecule has 6 heteroatoms. The maximum absolute atomic E-state index is 12.2. The highest BCUT2D eigenvalue weighted by Crippen LogP contribution is 2.29. The van der Waals surface area contributed by atoms with Crippen LogP contribution >= 0.6 is 11.3 Å². The van der Waals surface area contributed by atoms with Crippen molar-refractivity contribution in [2.75, 3.05) is 17.7 Å². The molecule has 0 unspecified atom stereocenters. The van der Waals surface area contributed by atoms with E-state index in [4.69, 9.17) is 4.74 Å². The molecule has 0 aliphatic rings. The van der Waals surface area contributed by atoms with Crippen LogP contribution < -0.4 is 15.4 Å². The first-order chi connectivity index (χ1) is 13.5. The van der Waals surface area contributed by atoms with Crippen molar-refractivity contribution in [1.29, 1.82) is 0 Å². The number of benzene rings is 2. The predicted octanol–water partition coefficient (Wildman–Crippen LogP) is 5.03. The first-order valence-corrected chi connectivity index (χ1v) is 9.47. The molecule has 1 heterocycles. The summed E-state index contributed by atoms with van der Waals surface area (Å²) in [5, 5.41) is 5.47. The van der Waals surface area contributed by atoms with Crippen LogP contribution in [0, 0.1) is 0 Å². The Morgan fingerprint density at radius 1 is 1.00 bits per heavy atom. The van der Waals surface area contributed by atoms with Gasteiger partial charge in [0.15, 0.2) is 0 Å². The summed E-state index contributed by atoms with van der Waals surface area (Å²) in [7, 11) is 1.52. The van der Waals surface area contributed by atoms with Crippen molar-refractivity contribution in [2.24, 2.45) is 0 Å². The summed E-state index contributed by atoms with van der Waals surface area (Å²) in [6.45, 7) is 1.41. The summed E-state index contributed by atoms with van der Waals surface area (Å²) in [6, 6.07) is 19.2. The van der Waals surface area contributed by atoms with Gasteiger partial charge in [-0.3, -0.25) is 9.59 Å². The summed E-state index contributed by atoms with van der Waals surface area (Å²) in [5.41, 5.74) is 2.22. The van der Waals surface area contributed by atoms with Crippen molar-refractivity contribution in [3.05, 3.63) is 71.6 Å². The van der Waals surface area contributed by atoms with Gasteiger partial charge in [0.1, 0.15) is 5.75 Å². The molecule has 0 bridgehead atoms. The number of anilines is 2. The third-order valence-corrected chi connectivity index (χ3v) is 4.96. The van der Waals surface area contributed by atoms with Gasteiger partial charge in [0.05, 0.1) is 12.8 Å². The molecule has 0 radical (unpaired) electrons. The van der Waals surface area contributed by atoms with Crippen LogP contribution in [0.2, 0.25) is 0 Å². The largest absolute Gasteiger partial charge is 0.495 e. The molecule has 0 saturated heterocycles. The van der Waals surface area contributed by atoms with Gasteiger partial charge < -0.3 is 15.4 Å². The number of thiophene rings is 1. The van der Waals surface area contributed by atoms with Gasteiger partial charge in [0.25, 0.3) is 0 Å². The zero-order chi connectivity index (χ0) is 19.9. The van der Waals surface area contributed by atoms with E-state index < -0.39 is 0 Å². The van der Waals surface area contributed by atoms with Gasteiger partial charge >= 0.3 is 0 Å². The zero-order valence-electron chi connectivity index (χ0n) is 15.6. The molecule has 5 nitrogen and oxygen atoms in total. The molecule has 142 valence electrons. The van der Waals surface area contributed by atoms with Gasteiger partial charge in [-0.2, -0.15) is 0 Å².